The van der Waals surface area contributed by atoms with Gasteiger partial charge < -0.3 is 0 Å². The van der Waals surface area contributed by atoms with Gasteiger partial charge in [0.1, 0.15) is 50.5 Å². The van der Waals surface area contributed by atoms with Crippen LogP contribution in [0.25, 0.3) is 0 Å². The van der Waals surface area contributed by atoms with Gasteiger partial charge in [0.05, 0.1) is 0 Å². The van der Waals surface area contributed by atoms with Crippen LogP contribution in [0.4, 0.5) is 0 Å². The molecule has 0 bridgehead atoms. The molecule has 0 spiro atoms. The molecule has 0 fully saturated rings. The normalized spacial score (nSPS) is 12.1. The Morgan fingerprint density at radius 1 is 0.676 bits per heavy atom. The van der Waals surface area contributed by atoms with Crippen LogP contribution in [0.15, 0.2) is 116 Å². The lowest BCUT2D eigenvalue weighted by Crippen LogP contribution is -2.31. The molecule has 0 aliphatic rings. The number of benzene rings is 3. The summed E-state index contributed by atoms with van der Waals surface area (Å²) in [6, 6.07) is 28.6. The highest BCUT2D eigenvalue weighted by Gasteiger charge is 2.14. The van der Waals surface area contributed by atoms with Gasteiger partial charge in [-0.05, 0) is 36.1 Å². The van der Waals surface area contributed by atoms with Crippen molar-refractivity contribution in [1.29, 1.82) is 0 Å². The standard InChI is InChI=1S/C30H32N4/c1-25-8-14-30(15-9-25)26(2)34-19-18-33(24-34)22-29-12-10-28(11-13-29)21-32-17-16-31(23-32)20-27-6-4-3-5-7-27/h3-19,23-24,26H,20-22H2,1-2H3/q+2. The number of aryl methyl sites for hydroxylation is 1. The summed E-state index contributed by atoms with van der Waals surface area (Å²) in [6.07, 6.45) is 13.0. The smallest absolute Gasteiger partial charge is 0.233 e. The first kappa shape index (κ1) is 21.9. The molecular weight excluding hydrogens is 416 g/mol. The summed E-state index contributed by atoms with van der Waals surface area (Å²) < 4.78 is 8.98. The van der Waals surface area contributed by atoms with E-state index in [1.165, 1.54) is 27.8 Å². The van der Waals surface area contributed by atoms with Gasteiger partial charge in [0, 0.05) is 0 Å². The summed E-state index contributed by atoms with van der Waals surface area (Å²) in [7, 11) is 0. The van der Waals surface area contributed by atoms with Crippen LogP contribution in [0.2, 0.25) is 0 Å². The summed E-state index contributed by atoms with van der Waals surface area (Å²) in [5, 5.41) is 0. The minimum Gasteiger partial charge on any atom is -0.233 e. The van der Waals surface area contributed by atoms with E-state index in [0.29, 0.717) is 6.04 Å². The molecule has 1 unspecified atom stereocenters. The van der Waals surface area contributed by atoms with Gasteiger partial charge in [-0.3, -0.25) is 0 Å². The first-order chi connectivity index (χ1) is 16.6. The Hall–Kier alpha value is -3.92. The maximum absolute atomic E-state index is 2.27. The largest absolute Gasteiger partial charge is 0.244 e. The van der Waals surface area contributed by atoms with Crippen molar-refractivity contribution in [3.05, 3.63) is 144 Å². The van der Waals surface area contributed by atoms with Gasteiger partial charge in [0.15, 0.2) is 0 Å². The maximum atomic E-state index is 2.27. The molecule has 170 valence electrons. The molecule has 2 aromatic heterocycles. The minimum atomic E-state index is 0.315. The summed E-state index contributed by atoms with van der Waals surface area (Å²) in [4.78, 5) is 0. The van der Waals surface area contributed by atoms with Gasteiger partial charge in [-0.1, -0.05) is 84.4 Å². The van der Waals surface area contributed by atoms with Gasteiger partial charge in [-0.25, -0.2) is 18.3 Å². The monoisotopic (exact) mass is 448 g/mol. The fourth-order valence-corrected chi connectivity index (χ4v) is 4.34. The molecule has 0 N–H and O–H groups in total. The average molecular weight is 449 g/mol. The van der Waals surface area contributed by atoms with Crippen LogP contribution in [0.5, 0.6) is 0 Å². The molecule has 0 amide bonds. The number of hydrogen-bond donors (Lipinski definition) is 0. The molecular formula is C30H32N4+2. The van der Waals surface area contributed by atoms with Crippen molar-refractivity contribution < 1.29 is 9.13 Å². The third-order valence-corrected chi connectivity index (χ3v) is 6.43. The maximum Gasteiger partial charge on any atom is 0.244 e. The zero-order chi connectivity index (χ0) is 23.3. The van der Waals surface area contributed by atoms with Crippen LogP contribution < -0.4 is 9.13 Å². The summed E-state index contributed by atoms with van der Waals surface area (Å²) in [5.74, 6) is 0. The SMILES string of the molecule is Cc1ccc(C(C)n2cc[n+](Cc3ccc(Cn4cc[n+](Cc5ccccc5)c4)cc3)c2)cc1. The average Bonchev–Trinajstić information content (AvgIpc) is 3.51. The number of aromatic nitrogens is 4. The van der Waals surface area contributed by atoms with Crippen LogP contribution in [0.1, 0.15) is 40.8 Å². The Balaban J connectivity index is 1.19. The first-order valence-corrected chi connectivity index (χ1v) is 11.9. The van der Waals surface area contributed by atoms with Crippen molar-refractivity contribution in [2.24, 2.45) is 0 Å². The first-order valence-electron chi connectivity index (χ1n) is 11.9. The molecule has 1 atom stereocenters. The number of hydrogen-bond acceptors (Lipinski definition) is 0. The lowest BCUT2D eigenvalue weighted by Gasteiger charge is -2.08. The van der Waals surface area contributed by atoms with Crippen LogP contribution in [-0.4, -0.2) is 9.13 Å². The molecule has 4 heteroatoms. The third-order valence-electron chi connectivity index (χ3n) is 6.43. The van der Waals surface area contributed by atoms with Gasteiger partial charge in [0.2, 0.25) is 12.7 Å². The van der Waals surface area contributed by atoms with Crippen LogP contribution in [0.3, 0.4) is 0 Å². The van der Waals surface area contributed by atoms with Gasteiger partial charge in [-0.15, -0.1) is 0 Å². The Bertz CT molecular complexity index is 1330. The van der Waals surface area contributed by atoms with Gasteiger partial charge in [-0.2, -0.15) is 0 Å². The predicted molar refractivity (Wildman–Crippen MR) is 134 cm³/mol. The molecule has 0 saturated heterocycles. The molecule has 5 aromatic rings. The van der Waals surface area contributed by atoms with Gasteiger partial charge >= 0.3 is 0 Å². The van der Waals surface area contributed by atoms with Gasteiger partial charge in [0.25, 0.3) is 0 Å². The quantitative estimate of drug-likeness (QED) is 0.300. The van der Waals surface area contributed by atoms with Crippen molar-refractivity contribution in [3.63, 3.8) is 0 Å². The second kappa shape index (κ2) is 9.92. The predicted octanol–water partition coefficient (Wildman–Crippen LogP) is 4.93. The lowest BCUT2D eigenvalue weighted by atomic mass is 10.1. The van der Waals surface area contributed by atoms with E-state index in [1.54, 1.807) is 0 Å². The minimum absolute atomic E-state index is 0.315. The highest BCUT2D eigenvalue weighted by atomic mass is 15.1. The summed E-state index contributed by atoms with van der Waals surface area (Å²) >= 11 is 0. The van der Waals surface area contributed by atoms with E-state index in [1.807, 2.05) is 0 Å². The zero-order valence-electron chi connectivity index (χ0n) is 20.0. The van der Waals surface area contributed by atoms with Crippen molar-refractivity contribution in [2.45, 2.75) is 39.5 Å². The number of imidazole rings is 2. The second-order valence-electron chi connectivity index (χ2n) is 9.18. The molecule has 34 heavy (non-hydrogen) atoms. The van der Waals surface area contributed by atoms with Crippen LogP contribution >= 0.6 is 0 Å². The Labute approximate surface area is 202 Å². The van der Waals surface area contributed by atoms with E-state index >= 15 is 0 Å². The highest BCUT2D eigenvalue weighted by Crippen LogP contribution is 2.17. The molecule has 4 nitrogen and oxygen atoms in total. The van der Waals surface area contributed by atoms with E-state index in [9.17, 15) is 0 Å². The van der Waals surface area contributed by atoms with Crippen molar-refractivity contribution in [3.8, 4) is 0 Å². The Morgan fingerprint density at radius 2 is 1.29 bits per heavy atom. The molecule has 0 aliphatic carbocycles. The highest BCUT2D eigenvalue weighted by molar-refractivity contribution is 5.24. The van der Waals surface area contributed by atoms with E-state index in [4.69, 9.17) is 0 Å². The fraction of sp³-hybridized carbons (Fsp3) is 0.200. The fourth-order valence-electron chi connectivity index (χ4n) is 4.34. The second-order valence-corrected chi connectivity index (χ2v) is 9.18. The zero-order valence-corrected chi connectivity index (χ0v) is 20.0. The Morgan fingerprint density at radius 3 is 2.03 bits per heavy atom. The van der Waals surface area contributed by atoms with Crippen molar-refractivity contribution >= 4 is 0 Å². The Kier molecular flexibility index (Phi) is 6.39. The molecule has 0 saturated carbocycles. The molecule has 0 aliphatic heterocycles. The third kappa shape index (κ3) is 5.34. The van der Waals surface area contributed by atoms with E-state index in [2.05, 4.69) is 148 Å². The summed E-state index contributed by atoms with van der Waals surface area (Å²) in [5.41, 5.74) is 6.55. The van der Waals surface area contributed by atoms with Crippen molar-refractivity contribution in [2.75, 3.05) is 0 Å². The van der Waals surface area contributed by atoms with Crippen LogP contribution in [0, 0.1) is 6.92 Å². The van der Waals surface area contributed by atoms with Crippen LogP contribution in [-0.2, 0) is 19.6 Å². The number of rotatable bonds is 8. The van der Waals surface area contributed by atoms with E-state index in [-0.39, 0.29) is 0 Å². The van der Waals surface area contributed by atoms with E-state index < -0.39 is 0 Å². The van der Waals surface area contributed by atoms with Crippen molar-refractivity contribution in [1.82, 2.24) is 9.13 Å². The summed E-state index contributed by atoms with van der Waals surface area (Å²) in [6.45, 7) is 7.01. The molecule has 0 radical (unpaired) electrons. The molecule has 3 aromatic carbocycles. The molecule has 2 heterocycles. The topological polar surface area (TPSA) is 17.6 Å². The number of nitrogens with zero attached hydrogens (tertiary/aromatic N) is 4. The van der Waals surface area contributed by atoms with E-state index in [0.717, 1.165) is 19.6 Å². The molecule has 5 rings (SSSR count). The lowest BCUT2D eigenvalue weighted by molar-refractivity contribution is -0.688.